The average Bonchev–Trinajstić information content (AvgIpc) is 2.99. The molecule has 1 amide bonds. The Kier molecular flexibility index (Phi) is 3.83. The number of piperidine rings is 1. The lowest BCUT2D eigenvalue weighted by molar-refractivity contribution is 0.0130. The van der Waals surface area contributed by atoms with Gasteiger partial charge in [-0.2, -0.15) is 0 Å². The highest BCUT2D eigenvalue weighted by molar-refractivity contribution is 5.68. The fourth-order valence-electron chi connectivity index (χ4n) is 3.46. The van der Waals surface area contributed by atoms with Crippen molar-refractivity contribution >= 4 is 6.09 Å². The molecule has 1 aliphatic heterocycles. The monoisotopic (exact) mass is 268 g/mol. The number of likely N-dealkylation sites (tertiary alicyclic amines) is 1. The maximum Gasteiger partial charge on any atom is 0.410 e. The summed E-state index contributed by atoms with van der Waals surface area (Å²) in [6.07, 6.45) is 3.40. The minimum Gasteiger partial charge on any atom is -0.444 e. The Bertz CT molecular complexity index is 351. The molecule has 4 nitrogen and oxygen atoms in total. The van der Waals surface area contributed by atoms with Gasteiger partial charge in [0.1, 0.15) is 5.60 Å². The number of nitrogens with zero attached hydrogens (tertiary/aromatic N) is 1. The van der Waals surface area contributed by atoms with Gasteiger partial charge in [-0.05, 0) is 63.8 Å². The van der Waals surface area contributed by atoms with Crippen LogP contribution in [0.15, 0.2) is 0 Å². The Morgan fingerprint density at radius 1 is 1.53 bits per heavy atom. The van der Waals surface area contributed by atoms with Gasteiger partial charge in [-0.25, -0.2) is 4.79 Å². The molecule has 0 radical (unpaired) electrons. The third kappa shape index (κ3) is 3.22. The Morgan fingerprint density at radius 2 is 2.21 bits per heavy atom. The van der Waals surface area contributed by atoms with Gasteiger partial charge < -0.3 is 15.4 Å². The van der Waals surface area contributed by atoms with Gasteiger partial charge in [-0.15, -0.1) is 0 Å². The standard InChI is InChI=1S/C15H28N2O2/c1-11(9-16)12-8-15(12)6-5-7-17(10-15)13(18)19-14(2,3)4/h11-12H,5-10,16H2,1-4H3. The van der Waals surface area contributed by atoms with Crippen LogP contribution in [0.2, 0.25) is 0 Å². The number of carbonyl (C=O) groups excluding carboxylic acids is 1. The van der Waals surface area contributed by atoms with Crippen molar-refractivity contribution in [2.24, 2.45) is 23.0 Å². The van der Waals surface area contributed by atoms with Crippen LogP contribution < -0.4 is 5.73 Å². The summed E-state index contributed by atoms with van der Waals surface area (Å²) in [5, 5.41) is 0. The second-order valence-electron chi connectivity index (χ2n) is 7.39. The quantitative estimate of drug-likeness (QED) is 0.837. The predicted molar refractivity (Wildman–Crippen MR) is 75.8 cm³/mol. The summed E-state index contributed by atoms with van der Waals surface area (Å²) in [5.74, 6) is 1.27. The van der Waals surface area contributed by atoms with Crippen molar-refractivity contribution in [1.82, 2.24) is 4.90 Å². The minimum atomic E-state index is -0.408. The number of hydrogen-bond donors (Lipinski definition) is 1. The third-order valence-corrected chi connectivity index (χ3v) is 4.57. The Balaban J connectivity index is 1.94. The van der Waals surface area contributed by atoms with Crippen LogP contribution in [0.4, 0.5) is 4.79 Å². The van der Waals surface area contributed by atoms with E-state index in [0.29, 0.717) is 17.3 Å². The molecule has 0 aromatic heterocycles. The molecule has 4 heteroatoms. The Hall–Kier alpha value is -0.770. The first kappa shape index (κ1) is 14.6. The van der Waals surface area contributed by atoms with E-state index < -0.39 is 5.60 Å². The zero-order valence-electron chi connectivity index (χ0n) is 12.7. The van der Waals surface area contributed by atoms with Crippen LogP contribution in [-0.2, 0) is 4.74 Å². The number of carbonyl (C=O) groups is 1. The summed E-state index contributed by atoms with van der Waals surface area (Å²) in [7, 11) is 0. The van der Waals surface area contributed by atoms with Gasteiger partial charge in [0.2, 0.25) is 0 Å². The van der Waals surface area contributed by atoms with Gasteiger partial charge in [0.25, 0.3) is 0 Å². The lowest BCUT2D eigenvalue weighted by Crippen LogP contribution is -2.44. The van der Waals surface area contributed by atoms with Crippen LogP contribution >= 0.6 is 0 Å². The van der Waals surface area contributed by atoms with Crippen LogP contribution in [0.1, 0.15) is 47.0 Å². The first-order valence-corrected chi connectivity index (χ1v) is 7.45. The molecular weight excluding hydrogens is 240 g/mol. The van der Waals surface area contributed by atoms with Crippen molar-refractivity contribution < 1.29 is 9.53 Å². The van der Waals surface area contributed by atoms with Crippen molar-refractivity contribution in [2.75, 3.05) is 19.6 Å². The number of nitrogens with two attached hydrogens (primary N) is 1. The van der Waals surface area contributed by atoms with Crippen LogP contribution in [0.3, 0.4) is 0 Å². The van der Waals surface area contributed by atoms with Gasteiger partial charge in [-0.3, -0.25) is 0 Å². The molecule has 2 N–H and O–H groups in total. The highest BCUT2D eigenvalue weighted by Crippen LogP contribution is 2.60. The fraction of sp³-hybridized carbons (Fsp3) is 0.933. The molecule has 0 bridgehead atoms. The molecule has 1 aliphatic carbocycles. The van der Waals surface area contributed by atoms with E-state index in [0.717, 1.165) is 26.1 Å². The molecule has 2 fully saturated rings. The van der Waals surface area contributed by atoms with E-state index in [4.69, 9.17) is 10.5 Å². The SMILES string of the molecule is CC(CN)C1CC12CCCN(C(=O)OC(C)(C)C)C2. The molecule has 110 valence electrons. The van der Waals surface area contributed by atoms with Crippen LogP contribution in [0, 0.1) is 17.3 Å². The average molecular weight is 268 g/mol. The first-order chi connectivity index (χ1) is 8.77. The minimum absolute atomic E-state index is 0.155. The van der Waals surface area contributed by atoms with Gasteiger partial charge in [0.15, 0.2) is 0 Å². The lowest BCUT2D eigenvalue weighted by atomic mass is 9.88. The van der Waals surface area contributed by atoms with E-state index in [2.05, 4.69) is 6.92 Å². The molecular formula is C15H28N2O2. The predicted octanol–water partition coefficient (Wildman–Crippen LogP) is 2.62. The van der Waals surface area contributed by atoms with Crippen molar-refractivity contribution in [2.45, 2.75) is 52.6 Å². The molecule has 2 aliphatic rings. The number of ether oxygens (including phenoxy) is 1. The van der Waals surface area contributed by atoms with Gasteiger partial charge in [0.05, 0.1) is 0 Å². The van der Waals surface area contributed by atoms with E-state index in [1.165, 1.54) is 12.8 Å². The summed E-state index contributed by atoms with van der Waals surface area (Å²) in [5.41, 5.74) is 5.71. The van der Waals surface area contributed by atoms with Crippen molar-refractivity contribution in [3.63, 3.8) is 0 Å². The van der Waals surface area contributed by atoms with E-state index in [1.807, 2.05) is 25.7 Å². The lowest BCUT2D eigenvalue weighted by Gasteiger charge is -2.35. The Morgan fingerprint density at radius 3 is 2.79 bits per heavy atom. The molecule has 1 heterocycles. The molecule has 0 aromatic carbocycles. The Labute approximate surface area is 116 Å². The summed E-state index contributed by atoms with van der Waals surface area (Å²) in [4.78, 5) is 14.1. The number of amides is 1. The molecule has 3 unspecified atom stereocenters. The second-order valence-corrected chi connectivity index (χ2v) is 7.39. The van der Waals surface area contributed by atoms with Crippen molar-refractivity contribution in [3.8, 4) is 0 Å². The largest absolute Gasteiger partial charge is 0.444 e. The zero-order valence-corrected chi connectivity index (χ0v) is 12.7. The van der Waals surface area contributed by atoms with Gasteiger partial charge in [-0.1, -0.05) is 6.92 Å². The normalized spacial score (nSPS) is 32.3. The maximum atomic E-state index is 12.2. The highest BCUT2D eigenvalue weighted by Gasteiger charge is 2.57. The summed E-state index contributed by atoms with van der Waals surface area (Å²) in [6.45, 7) is 10.4. The molecule has 0 aromatic rings. The van der Waals surface area contributed by atoms with E-state index in [9.17, 15) is 4.79 Å². The molecule has 1 saturated heterocycles. The number of rotatable bonds is 2. The van der Waals surface area contributed by atoms with E-state index >= 15 is 0 Å². The van der Waals surface area contributed by atoms with Crippen molar-refractivity contribution in [1.29, 1.82) is 0 Å². The van der Waals surface area contributed by atoms with E-state index in [-0.39, 0.29) is 6.09 Å². The smallest absolute Gasteiger partial charge is 0.410 e. The first-order valence-electron chi connectivity index (χ1n) is 7.45. The molecule has 3 atom stereocenters. The summed E-state index contributed by atoms with van der Waals surface area (Å²) in [6, 6.07) is 0. The number of hydrogen-bond acceptors (Lipinski definition) is 3. The van der Waals surface area contributed by atoms with Crippen molar-refractivity contribution in [3.05, 3.63) is 0 Å². The molecule has 2 rings (SSSR count). The maximum absolute atomic E-state index is 12.2. The van der Waals surface area contributed by atoms with Crippen LogP contribution in [0.5, 0.6) is 0 Å². The molecule has 1 saturated carbocycles. The molecule has 1 spiro atoms. The second kappa shape index (κ2) is 4.97. The zero-order chi connectivity index (χ0) is 14.3. The topological polar surface area (TPSA) is 55.6 Å². The summed E-state index contributed by atoms with van der Waals surface area (Å²) < 4.78 is 5.48. The van der Waals surface area contributed by atoms with E-state index in [1.54, 1.807) is 0 Å². The van der Waals surface area contributed by atoms with Crippen LogP contribution in [-0.4, -0.2) is 36.2 Å². The third-order valence-electron chi connectivity index (χ3n) is 4.57. The summed E-state index contributed by atoms with van der Waals surface area (Å²) >= 11 is 0. The van der Waals surface area contributed by atoms with Gasteiger partial charge >= 0.3 is 6.09 Å². The van der Waals surface area contributed by atoms with Gasteiger partial charge in [0, 0.05) is 13.1 Å². The molecule has 19 heavy (non-hydrogen) atoms. The fourth-order valence-corrected chi connectivity index (χ4v) is 3.46. The van der Waals surface area contributed by atoms with Crippen LogP contribution in [0.25, 0.3) is 0 Å². The highest BCUT2D eigenvalue weighted by atomic mass is 16.6.